The third kappa shape index (κ3) is 6.25. The SMILES string of the molecule is CC(C)=CCc1ccc[n+](CC(P(C)(=O)O)P(=O)(O)O)c1. The standard InChI is InChI=1S/C13H21NO5P2/c1-11(2)6-7-12-5-4-8-14(9-12)10-13(20(3,15)16)21(17,18)19/h4-6,8-9,13H,7,10H2,1-3H3,(H2-,15,16,17,18,19)/p+1. The Kier molecular flexibility index (Phi) is 6.09. The fraction of sp³-hybridized carbons (Fsp3) is 0.462. The van der Waals surface area contributed by atoms with Crippen LogP contribution in [0.1, 0.15) is 19.4 Å². The van der Waals surface area contributed by atoms with Crippen molar-refractivity contribution in [2.24, 2.45) is 0 Å². The zero-order chi connectivity index (χ0) is 16.3. The molecule has 0 aliphatic carbocycles. The lowest BCUT2D eigenvalue weighted by Crippen LogP contribution is -2.39. The number of hydrogen-bond donors (Lipinski definition) is 3. The Morgan fingerprint density at radius 1 is 1.33 bits per heavy atom. The quantitative estimate of drug-likeness (QED) is 0.419. The van der Waals surface area contributed by atoms with Crippen molar-refractivity contribution in [3.8, 4) is 0 Å². The molecular formula is C13H22NO5P2+. The lowest BCUT2D eigenvalue weighted by molar-refractivity contribution is -0.694. The first-order valence-electron chi connectivity index (χ1n) is 6.46. The highest BCUT2D eigenvalue weighted by Gasteiger charge is 2.43. The predicted octanol–water partition coefficient (Wildman–Crippen LogP) is 1.89. The monoisotopic (exact) mass is 334 g/mol. The van der Waals surface area contributed by atoms with Crippen LogP contribution in [0.5, 0.6) is 0 Å². The molecule has 0 saturated heterocycles. The van der Waals surface area contributed by atoms with E-state index in [1.54, 1.807) is 23.0 Å². The molecule has 8 heteroatoms. The molecule has 1 rings (SSSR count). The molecule has 0 bridgehead atoms. The molecule has 1 aromatic rings. The molecule has 0 aliphatic rings. The van der Waals surface area contributed by atoms with Gasteiger partial charge in [-0.25, -0.2) is 4.57 Å². The van der Waals surface area contributed by atoms with E-state index in [1.807, 2.05) is 26.0 Å². The van der Waals surface area contributed by atoms with Gasteiger partial charge in [-0.1, -0.05) is 11.6 Å². The van der Waals surface area contributed by atoms with Gasteiger partial charge in [0, 0.05) is 18.3 Å². The van der Waals surface area contributed by atoms with Crippen LogP contribution >= 0.6 is 15.0 Å². The minimum atomic E-state index is -4.65. The van der Waals surface area contributed by atoms with Gasteiger partial charge < -0.3 is 14.7 Å². The van der Waals surface area contributed by atoms with Crippen LogP contribution in [-0.4, -0.2) is 26.7 Å². The van der Waals surface area contributed by atoms with Crippen LogP contribution in [0.25, 0.3) is 0 Å². The number of rotatable bonds is 6. The summed E-state index contributed by atoms with van der Waals surface area (Å²) in [6.45, 7) is 4.75. The van der Waals surface area contributed by atoms with Crippen molar-refractivity contribution >= 4 is 15.0 Å². The molecule has 0 radical (unpaired) electrons. The maximum atomic E-state index is 11.7. The van der Waals surface area contributed by atoms with Crippen molar-refractivity contribution < 1.29 is 28.4 Å². The summed E-state index contributed by atoms with van der Waals surface area (Å²) in [5.41, 5.74) is 2.14. The van der Waals surface area contributed by atoms with Gasteiger partial charge in [-0.15, -0.1) is 0 Å². The van der Waals surface area contributed by atoms with Gasteiger partial charge in [0.1, 0.15) is 0 Å². The normalized spacial score (nSPS) is 16.1. The van der Waals surface area contributed by atoms with Gasteiger partial charge in [0.2, 0.25) is 7.37 Å². The first kappa shape index (κ1) is 18.3. The summed E-state index contributed by atoms with van der Waals surface area (Å²) in [6.07, 6.45) is 6.10. The van der Waals surface area contributed by atoms with Crippen molar-refractivity contribution in [3.63, 3.8) is 0 Å². The van der Waals surface area contributed by atoms with Crippen molar-refractivity contribution in [1.29, 1.82) is 0 Å². The molecule has 2 unspecified atom stereocenters. The van der Waals surface area contributed by atoms with Crippen molar-refractivity contribution in [1.82, 2.24) is 0 Å². The zero-order valence-corrected chi connectivity index (χ0v) is 14.2. The summed E-state index contributed by atoms with van der Waals surface area (Å²) in [6, 6.07) is 3.65. The summed E-state index contributed by atoms with van der Waals surface area (Å²) < 4.78 is 24.7. The fourth-order valence-corrected chi connectivity index (χ4v) is 4.98. The van der Waals surface area contributed by atoms with Crippen molar-refractivity contribution in [3.05, 3.63) is 41.7 Å². The Labute approximate surface area is 124 Å². The predicted molar refractivity (Wildman–Crippen MR) is 81.4 cm³/mol. The zero-order valence-electron chi connectivity index (χ0n) is 12.4. The van der Waals surface area contributed by atoms with Crippen LogP contribution in [0, 0.1) is 0 Å². The van der Waals surface area contributed by atoms with Crippen molar-refractivity contribution in [2.45, 2.75) is 32.2 Å². The minimum Gasteiger partial charge on any atom is -0.344 e. The topological polar surface area (TPSA) is 98.7 Å². The molecule has 0 fully saturated rings. The number of allylic oxidation sites excluding steroid dienone is 2. The van der Waals surface area contributed by atoms with Crippen LogP contribution in [0.15, 0.2) is 36.2 Å². The van der Waals surface area contributed by atoms with Gasteiger partial charge in [-0.2, -0.15) is 0 Å². The van der Waals surface area contributed by atoms with Crippen LogP contribution in [0.3, 0.4) is 0 Å². The summed E-state index contributed by atoms with van der Waals surface area (Å²) in [4.78, 5) is 28.1. The molecular weight excluding hydrogens is 312 g/mol. The van der Waals surface area contributed by atoms with Gasteiger partial charge in [-0.05, 0) is 26.3 Å². The van der Waals surface area contributed by atoms with Gasteiger partial charge in [-0.3, -0.25) is 9.13 Å². The number of pyridine rings is 1. The van der Waals surface area contributed by atoms with Crippen LogP contribution in [0.4, 0.5) is 0 Å². The highest BCUT2D eigenvalue weighted by Crippen LogP contribution is 2.60. The van der Waals surface area contributed by atoms with Crippen LogP contribution < -0.4 is 4.57 Å². The molecule has 0 amide bonds. The maximum absolute atomic E-state index is 11.7. The van der Waals surface area contributed by atoms with Gasteiger partial charge in [0.15, 0.2) is 24.3 Å². The first-order chi connectivity index (χ1) is 9.50. The molecule has 2 atom stereocenters. The van der Waals surface area contributed by atoms with E-state index in [9.17, 15) is 23.8 Å². The van der Waals surface area contributed by atoms with E-state index < -0.39 is 20.4 Å². The second-order valence-electron chi connectivity index (χ2n) is 5.41. The maximum Gasteiger partial charge on any atom is 0.344 e. The molecule has 6 nitrogen and oxygen atoms in total. The summed E-state index contributed by atoms with van der Waals surface area (Å²) >= 11 is 0. The Hall–Kier alpha value is -0.770. The molecule has 0 spiro atoms. The van der Waals surface area contributed by atoms with Gasteiger partial charge in [0.05, 0.1) is 0 Å². The summed E-state index contributed by atoms with van der Waals surface area (Å²) in [5, 5.41) is -1.59. The van der Waals surface area contributed by atoms with Crippen LogP contribution in [0.2, 0.25) is 0 Å². The third-order valence-corrected chi connectivity index (χ3v) is 7.38. The molecule has 21 heavy (non-hydrogen) atoms. The second-order valence-corrected chi connectivity index (χ2v) is 10.1. The fourth-order valence-electron chi connectivity index (χ4n) is 1.86. The third-order valence-electron chi connectivity index (χ3n) is 2.98. The molecule has 3 N–H and O–H groups in total. The van der Waals surface area contributed by atoms with Crippen LogP contribution in [-0.2, 0) is 22.1 Å². The lowest BCUT2D eigenvalue weighted by Gasteiger charge is -2.18. The molecule has 0 saturated carbocycles. The smallest absolute Gasteiger partial charge is 0.344 e. The Bertz CT molecular complexity index is 591. The van der Waals surface area contributed by atoms with E-state index in [2.05, 4.69) is 0 Å². The van der Waals surface area contributed by atoms with E-state index >= 15 is 0 Å². The largest absolute Gasteiger partial charge is 0.344 e. The average molecular weight is 334 g/mol. The molecule has 1 heterocycles. The minimum absolute atomic E-state index is 0.197. The van der Waals surface area contributed by atoms with Gasteiger partial charge >= 0.3 is 7.60 Å². The molecule has 1 aromatic heterocycles. The Morgan fingerprint density at radius 2 is 1.95 bits per heavy atom. The van der Waals surface area contributed by atoms with Gasteiger partial charge in [0.25, 0.3) is 0 Å². The second kappa shape index (κ2) is 6.99. The van der Waals surface area contributed by atoms with E-state index in [0.29, 0.717) is 6.42 Å². The van der Waals surface area contributed by atoms with E-state index in [0.717, 1.165) is 12.2 Å². The summed E-state index contributed by atoms with van der Waals surface area (Å²) in [7, 11) is -8.56. The average Bonchev–Trinajstić information content (AvgIpc) is 2.31. The highest BCUT2D eigenvalue weighted by molar-refractivity contribution is 7.73. The highest BCUT2D eigenvalue weighted by atomic mass is 31.2. The molecule has 0 aromatic carbocycles. The lowest BCUT2D eigenvalue weighted by atomic mass is 10.1. The Balaban J connectivity index is 3.01. The number of nitrogens with zero attached hydrogens (tertiary/aromatic N) is 1. The Morgan fingerprint density at radius 3 is 2.43 bits per heavy atom. The summed E-state index contributed by atoms with van der Waals surface area (Å²) in [5.74, 6) is 0. The van der Waals surface area contributed by atoms with E-state index in [-0.39, 0.29) is 6.54 Å². The number of aromatic nitrogens is 1. The first-order valence-corrected chi connectivity index (χ1v) is 10.3. The molecule has 118 valence electrons. The molecule has 0 aliphatic heterocycles. The van der Waals surface area contributed by atoms with Crippen molar-refractivity contribution in [2.75, 3.05) is 6.66 Å². The van der Waals surface area contributed by atoms with E-state index in [1.165, 1.54) is 5.57 Å². The van der Waals surface area contributed by atoms with E-state index in [4.69, 9.17) is 0 Å². The number of hydrogen-bond acceptors (Lipinski definition) is 2.